The van der Waals surface area contributed by atoms with Gasteiger partial charge < -0.3 is 9.88 Å². The van der Waals surface area contributed by atoms with Crippen LogP contribution in [0.3, 0.4) is 0 Å². The number of aryl methyl sites for hydroxylation is 1. The Bertz CT molecular complexity index is 1120. The molecule has 2 aromatic carbocycles. The molecule has 5 nitrogen and oxygen atoms in total. The summed E-state index contributed by atoms with van der Waals surface area (Å²) in [7, 11) is -1.53. The highest BCUT2D eigenvalue weighted by Crippen LogP contribution is 2.32. The van der Waals surface area contributed by atoms with Crippen LogP contribution in [0.4, 0.5) is 5.69 Å². The largest absolute Gasteiger partial charge is 0.339 e. The summed E-state index contributed by atoms with van der Waals surface area (Å²) in [5, 5.41) is 3.49. The Morgan fingerprint density at radius 1 is 1.11 bits per heavy atom. The highest BCUT2D eigenvalue weighted by Gasteiger charge is 2.30. The van der Waals surface area contributed by atoms with Crippen LogP contribution in [0.5, 0.6) is 0 Å². The van der Waals surface area contributed by atoms with Crippen LogP contribution in [-0.4, -0.2) is 24.1 Å². The SMILES string of the molecule is Cn1c(C(=O)Nc2cccc(S(=O)(=O)C3CCCC3)c2)c(Br)c2ccccc21. The molecule has 1 saturated carbocycles. The minimum absolute atomic E-state index is 0.272. The maximum Gasteiger partial charge on any atom is 0.273 e. The Morgan fingerprint density at radius 3 is 2.54 bits per heavy atom. The minimum Gasteiger partial charge on any atom is -0.339 e. The van der Waals surface area contributed by atoms with Gasteiger partial charge in [-0.05, 0) is 53.0 Å². The van der Waals surface area contributed by atoms with E-state index in [4.69, 9.17) is 0 Å². The summed E-state index contributed by atoms with van der Waals surface area (Å²) >= 11 is 3.53. The molecule has 3 aromatic rings. The summed E-state index contributed by atoms with van der Waals surface area (Å²) < 4.78 is 28.2. The van der Waals surface area contributed by atoms with Crippen molar-refractivity contribution >= 4 is 48.3 Å². The van der Waals surface area contributed by atoms with Crippen LogP contribution in [0.25, 0.3) is 10.9 Å². The van der Waals surface area contributed by atoms with Crippen LogP contribution in [0, 0.1) is 0 Å². The van der Waals surface area contributed by atoms with Crippen molar-refractivity contribution in [2.45, 2.75) is 35.8 Å². The molecule has 1 aromatic heterocycles. The van der Waals surface area contributed by atoms with Crippen molar-refractivity contribution in [3.8, 4) is 0 Å². The third-order valence-corrected chi connectivity index (χ3v) is 8.48. The monoisotopic (exact) mass is 460 g/mol. The molecule has 1 fully saturated rings. The predicted molar refractivity (Wildman–Crippen MR) is 114 cm³/mol. The van der Waals surface area contributed by atoms with Crippen molar-refractivity contribution < 1.29 is 13.2 Å². The second-order valence-electron chi connectivity index (χ2n) is 7.17. The molecule has 1 N–H and O–H groups in total. The zero-order valence-electron chi connectivity index (χ0n) is 15.5. The first kappa shape index (κ1) is 19.2. The highest BCUT2D eigenvalue weighted by atomic mass is 79.9. The van der Waals surface area contributed by atoms with Crippen LogP contribution < -0.4 is 5.32 Å². The van der Waals surface area contributed by atoms with Crippen LogP contribution in [0.1, 0.15) is 36.2 Å². The number of hydrogen-bond donors (Lipinski definition) is 1. The van der Waals surface area contributed by atoms with E-state index in [9.17, 15) is 13.2 Å². The number of anilines is 1. The second-order valence-corrected chi connectivity index (χ2v) is 10.2. The van der Waals surface area contributed by atoms with Crippen molar-refractivity contribution in [1.29, 1.82) is 0 Å². The number of para-hydroxylation sites is 1. The van der Waals surface area contributed by atoms with Crippen LogP contribution in [0.15, 0.2) is 57.9 Å². The Balaban J connectivity index is 1.64. The van der Waals surface area contributed by atoms with Gasteiger partial charge in [0, 0.05) is 23.6 Å². The van der Waals surface area contributed by atoms with Crippen molar-refractivity contribution in [2.24, 2.45) is 7.05 Å². The maximum atomic E-state index is 12.9. The van der Waals surface area contributed by atoms with E-state index in [1.807, 2.05) is 35.9 Å². The van der Waals surface area contributed by atoms with Gasteiger partial charge in [-0.25, -0.2) is 8.42 Å². The van der Waals surface area contributed by atoms with Gasteiger partial charge in [0.15, 0.2) is 9.84 Å². The fraction of sp³-hybridized carbons (Fsp3) is 0.286. The van der Waals surface area contributed by atoms with Crippen molar-refractivity contribution in [3.63, 3.8) is 0 Å². The lowest BCUT2D eigenvalue weighted by molar-refractivity contribution is 0.101. The number of amides is 1. The summed E-state index contributed by atoms with van der Waals surface area (Å²) in [5.74, 6) is -0.291. The first-order valence-electron chi connectivity index (χ1n) is 9.28. The Morgan fingerprint density at radius 2 is 1.82 bits per heavy atom. The minimum atomic E-state index is -3.36. The van der Waals surface area contributed by atoms with E-state index < -0.39 is 9.84 Å². The third-order valence-electron chi connectivity index (χ3n) is 5.42. The molecule has 1 heterocycles. The van der Waals surface area contributed by atoms with Crippen molar-refractivity contribution in [2.75, 3.05) is 5.32 Å². The Labute approximate surface area is 172 Å². The number of rotatable bonds is 4. The van der Waals surface area contributed by atoms with E-state index >= 15 is 0 Å². The number of hydrogen-bond acceptors (Lipinski definition) is 3. The molecule has 0 aliphatic heterocycles. The summed E-state index contributed by atoms with van der Waals surface area (Å²) in [6.45, 7) is 0. The number of benzene rings is 2. The van der Waals surface area contributed by atoms with Gasteiger partial charge in [-0.15, -0.1) is 0 Å². The lowest BCUT2D eigenvalue weighted by Gasteiger charge is -2.13. The molecular formula is C21H21BrN2O3S. The number of nitrogens with zero attached hydrogens (tertiary/aromatic N) is 1. The number of halogens is 1. The zero-order chi connectivity index (χ0) is 19.9. The second kappa shape index (κ2) is 7.37. The first-order valence-corrected chi connectivity index (χ1v) is 11.6. The molecule has 0 atom stereocenters. The smallest absolute Gasteiger partial charge is 0.273 e. The topological polar surface area (TPSA) is 68.2 Å². The maximum absolute atomic E-state index is 12.9. The number of fused-ring (bicyclic) bond motifs is 1. The Hall–Kier alpha value is -2.12. The van der Waals surface area contributed by atoms with E-state index in [0.29, 0.717) is 24.2 Å². The lowest BCUT2D eigenvalue weighted by Crippen LogP contribution is -2.19. The fourth-order valence-electron chi connectivity index (χ4n) is 3.93. The summed E-state index contributed by atoms with van der Waals surface area (Å²) in [6.07, 6.45) is 3.33. The quantitative estimate of drug-likeness (QED) is 0.601. The molecule has 1 aliphatic carbocycles. The van der Waals surface area contributed by atoms with E-state index in [1.54, 1.807) is 24.3 Å². The summed E-state index contributed by atoms with van der Waals surface area (Å²) in [6, 6.07) is 14.3. The van der Waals surface area contributed by atoms with Crippen molar-refractivity contribution in [3.05, 3.63) is 58.7 Å². The number of nitrogens with one attached hydrogen (secondary N) is 1. The third kappa shape index (κ3) is 3.26. The van der Waals surface area contributed by atoms with Gasteiger partial charge in [-0.2, -0.15) is 0 Å². The number of sulfone groups is 1. The molecule has 0 unspecified atom stereocenters. The molecule has 1 amide bonds. The highest BCUT2D eigenvalue weighted by molar-refractivity contribution is 9.10. The number of aromatic nitrogens is 1. The van der Waals surface area contributed by atoms with E-state index in [0.717, 1.165) is 28.2 Å². The standard InChI is InChI=1S/C21H21BrN2O3S/c1-24-18-12-5-4-11-17(18)19(22)20(24)21(25)23-14-7-6-10-16(13-14)28(26,27)15-8-2-3-9-15/h4-7,10-13,15H,2-3,8-9H2,1H3,(H,23,25). The molecule has 4 rings (SSSR count). The molecule has 1 aliphatic rings. The predicted octanol–water partition coefficient (Wildman–Crippen LogP) is 4.91. The normalized spacial score (nSPS) is 15.2. The average molecular weight is 461 g/mol. The summed E-state index contributed by atoms with van der Waals surface area (Å²) in [4.78, 5) is 13.2. The van der Waals surface area contributed by atoms with Gasteiger partial charge in [-0.1, -0.05) is 37.1 Å². The van der Waals surface area contributed by atoms with E-state index in [1.165, 1.54) is 0 Å². The number of carbonyl (C=O) groups excluding carboxylic acids is 1. The zero-order valence-corrected chi connectivity index (χ0v) is 17.9. The van der Waals surface area contributed by atoms with E-state index in [-0.39, 0.29) is 16.1 Å². The lowest BCUT2D eigenvalue weighted by atomic mass is 10.2. The first-order chi connectivity index (χ1) is 13.4. The van der Waals surface area contributed by atoms with Crippen LogP contribution >= 0.6 is 15.9 Å². The molecule has 28 heavy (non-hydrogen) atoms. The molecule has 7 heteroatoms. The molecule has 0 radical (unpaired) electrons. The molecule has 0 spiro atoms. The average Bonchev–Trinajstić information content (AvgIpc) is 3.31. The van der Waals surface area contributed by atoms with Gasteiger partial charge in [0.1, 0.15) is 5.69 Å². The van der Waals surface area contributed by atoms with Gasteiger partial charge in [-0.3, -0.25) is 4.79 Å². The molecule has 0 saturated heterocycles. The summed E-state index contributed by atoms with van der Waals surface area (Å²) in [5.41, 5.74) is 1.91. The fourth-order valence-corrected chi connectivity index (χ4v) is 6.61. The van der Waals surface area contributed by atoms with Gasteiger partial charge >= 0.3 is 0 Å². The van der Waals surface area contributed by atoms with Gasteiger partial charge in [0.25, 0.3) is 5.91 Å². The molecule has 0 bridgehead atoms. The molecule has 146 valence electrons. The van der Waals surface area contributed by atoms with E-state index in [2.05, 4.69) is 21.2 Å². The van der Waals surface area contributed by atoms with Crippen molar-refractivity contribution in [1.82, 2.24) is 4.57 Å². The van der Waals surface area contributed by atoms with Gasteiger partial charge in [0.2, 0.25) is 0 Å². The Kier molecular flexibility index (Phi) is 5.05. The number of carbonyl (C=O) groups is 1. The molecular weight excluding hydrogens is 440 g/mol. The van der Waals surface area contributed by atoms with Crippen LogP contribution in [0.2, 0.25) is 0 Å². The van der Waals surface area contributed by atoms with Gasteiger partial charge in [0.05, 0.1) is 14.6 Å². The van der Waals surface area contributed by atoms with Crippen LogP contribution in [-0.2, 0) is 16.9 Å².